The number of hydrogen-bond donors (Lipinski definition) is 1. The van der Waals surface area contributed by atoms with Gasteiger partial charge >= 0.3 is 0 Å². The molecular formula is C27H46N6O. The highest BCUT2D eigenvalue weighted by atomic mass is 16.2. The van der Waals surface area contributed by atoms with Crippen LogP contribution in [0.3, 0.4) is 0 Å². The molecule has 3 aliphatic heterocycles. The third kappa shape index (κ3) is 7.30. The Balaban J connectivity index is 1.18. The van der Waals surface area contributed by atoms with Gasteiger partial charge < -0.3 is 15.1 Å². The molecule has 0 aromatic carbocycles. The summed E-state index contributed by atoms with van der Waals surface area (Å²) < 4.78 is 0. The van der Waals surface area contributed by atoms with E-state index in [0.717, 1.165) is 83.1 Å². The van der Waals surface area contributed by atoms with E-state index >= 15 is 0 Å². The Morgan fingerprint density at radius 1 is 0.971 bits per heavy atom. The van der Waals surface area contributed by atoms with Gasteiger partial charge in [0.15, 0.2) is 0 Å². The molecule has 1 N–H and O–H groups in total. The maximum absolute atomic E-state index is 12.6. The molecule has 1 aromatic heterocycles. The molecule has 7 heteroatoms. The lowest BCUT2D eigenvalue weighted by Crippen LogP contribution is -2.46. The van der Waals surface area contributed by atoms with Gasteiger partial charge in [0.25, 0.3) is 0 Å². The molecule has 0 spiro atoms. The molecule has 190 valence electrons. The van der Waals surface area contributed by atoms with Gasteiger partial charge in [-0.05, 0) is 44.6 Å². The molecule has 0 saturated carbocycles. The van der Waals surface area contributed by atoms with Crippen molar-refractivity contribution in [1.29, 1.82) is 0 Å². The van der Waals surface area contributed by atoms with Crippen molar-refractivity contribution in [2.24, 2.45) is 0 Å². The second-order valence-electron chi connectivity index (χ2n) is 10.5. The number of carbonyl (C=O) groups excluding carboxylic acids is 1. The zero-order valence-corrected chi connectivity index (χ0v) is 21.4. The third-order valence-electron chi connectivity index (χ3n) is 7.95. The first-order valence-electron chi connectivity index (χ1n) is 14.1. The number of unbranched alkanes of at least 4 members (excludes halogenated alkanes) is 4. The van der Waals surface area contributed by atoms with Crippen LogP contribution >= 0.6 is 0 Å². The van der Waals surface area contributed by atoms with Gasteiger partial charge in [0.1, 0.15) is 5.82 Å². The van der Waals surface area contributed by atoms with Gasteiger partial charge in [-0.1, -0.05) is 45.4 Å². The fourth-order valence-electron chi connectivity index (χ4n) is 5.83. The number of likely N-dealkylation sites (tertiary alicyclic amines) is 2. The maximum atomic E-state index is 12.6. The van der Waals surface area contributed by atoms with Crippen LogP contribution in [0.25, 0.3) is 0 Å². The van der Waals surface area contributed by atoms with Crippen molar-refractivity contribution in [2.45, 2.75) is 102 Å². The maximum Gasteiger partial charge on any atom is 0.224 e. The van der Waals surface area contributed by atoms with Crippen LogP contribution in [0, 0.1) is 0 Å². The number of nitrogens with one attached hydrogen (secondary N) is 1. The standard InChI is InChI=1S/C27H46N6O/c1-2-3-4-5-8-11-26(34)32-20-14-24(15-21-32)33-19-13-23(22-33)29-27-28-16-12-25(30-27)31-17-9-6-7-10-18-31/h12,16,23-24H,2-11,13-15,17-22H2,1H3,(H,28,29,30). The van der Waals surface area contributed by atoms with Crippen molar-refractivity contribution < 1.29 is 4.79 Å². The molecular weight excluding hydrogens is 424 g/mol. The first kappa shape index (κ1) is 25.2. The summed E-state index contributed by atoms with van der Waals surface area (Å²) in [6.07, 6.45) is 17.2. The van der Waals surface area contributed by atoms with E-state index in [0.29, 0.717) is 18.0 Å². The van der Waals surface area contributed by atoms with Gasteiger partial charge in [0.2, 0.25) is 11.9 Å². The summed E-state index contributed by atoms with van der Waals surface area (Å²) >= 11 is 0. The van der Waals surface area contributed by atoms with Gasteiger partial charge in [0, 0.05) is 64.0 Å². The topological polar surface area (TPSA) is 64.6 Å². The fourth-order valence-corrected chi connectivity index (χ4v) is 5.83. The molecule has 0 radical (unpaired) electrons. The summed E-state index contributed by atoms with van der Waals surface area (Å²) in [7, 11) is 0. The number of hydrogen-bond acceptors (Lipinski definition) is 6. The molecule has 4 rings (SSSR count). The van der Waals surface area contributed by atoms with Gasteiger partial charge in [-0.15, -0.1) is 0 Å². The Bertz CT molecular complexity index is 742. The summed E-state index contributed by atoms with van der Waals surface area (Å²) in [5.41, 5.74) is 0. The summed E-state index contributed by atoms with van der Waals surface area (Å²) in [4.78, 5) is 29.1. The Labute approximate surface area is 206 Å². The first-order chi connectivity index (χ1) is 16.7. The summed E-state index contributed by atoms with van der Waals surface area (Å²) in [5.74, 6) is 2.21. The lowest BCUT2D eigenvalue weighted by molar-refractivity contribution is -0.132. The fraction of sp³-hybridized carbons (Fsp3) is 0.815. The molecule has 1 unspecified atom stereocenters. The molecule has 3 fully saturated rings. The van der Waals surface area contributed by atoms with Crippen LogP contribution in [0.2, 0.25) is 0 Å². The monoisotopic (exact) mass is 470 g/mol. The smallest absolute Gasteiger partial charge is 0.224 e. The lowest BCUT2D eigenvalue weighted by atomic mass is 10.0. The van der Waals surface area contributed by atoms with Crippen LogP contribution in [0.1, 0.15) is 90.4 Å². The normalized spacial score (nSPS) is 22.7. The number of anilines is 2. The van der Waals surface area contributed by atoms with Crippen LogP contribution in [-0.2, 0) is 4.79 Å². The van der Waals surface area contributed by atoms with Gasteiger partial charge in [-0.2, -0.15) is 4.98 Å². The Morgan fingerprint density at radius 3 is 2.50 bits per heavy atom. The van der Waals surface area contributed by atoms with Crippen molar-refractivity contribution in [2.75, 3.05) is 49.5 Å². The Kier molecular flexibility index (Phi) is 9.84. The van der Waals surface area contributed by atoms with E-state index in [1.165, 1.54) is 51.4 Å². The second-order valence-corrected chi connectivity index (χ2v) is 10.5. The van der Waals surface area contributed by atoms with Gasteiger partial charge in [0.05, 0.1) is 0 Å². The number of aromatic nitrogens is 2. The Morgan fingerprint density at radius 2 is 1.74 bits per heavy atom. The minimum Gasteiger partial charge on any atom is -0.356 e. The Hall–Kier alpha value is -1.89. The van der Waals surface area contributed by atoms with E-state index in [4.69, 9.17) is 4.98 Å². The number of carbonyl (C=O) groups is 1. The minimum absolute atomic E-state index is 0.373. The molecule has 3 aliphatic rings. The molecule has 7 nitrogen and oxygen atoms in total. The van der Waals surface area contributed by atoms with E-state index in [1.807, 2.05) is 6.20 Å². The van der Waals surface area contributed by atoms with Crippen LogP contribution in [0.5, 0.6) is 0 Å². The van der Waals surface area contributed by atoms with Gasteiger partial charge in [-0.25, -0.2) is 4.98 Å². The predicted molar refractivity (Wildman–Crippen MR) is 139 cm³/mol. The molecule has 34 heavy (non-hydrogen) atoms. The summed E-state index contributed by atoms with van der Waals surface area (Å²) in [6, 6.07) is 3.06. The molecule has 0 bridgehead atoms. The van der Waals surface area contributed by atoms with Gasteiger partial charge in [-0.3, -0.25) is 9.69 Å². The molecule has 1 aromatic rings. The van der Waals surface area contributed by atoms with Crippen molar-refractivity contribution >= 4 is 17.7 Å². The molecule has 1 amide bonds. The zero-order chi connectivity index (χ0) is 23.6. The van der Waals surface area contributed by atoms with Crippen LogP contribution in [0.15, 0.2) is 12.3 Å². The number of piperidine rings is 1. The van der Waals surface area contributed by atoms with E-state index < -0.39 is 0 Å². The van der Waals surface area contributed by atoms with E-state index in [2.05, 4.69) is 38.0 Å². The second kappa shape index (κ2) is 13.3. The molecule has 3 saturated heterocycles. The summed E-state index contributed by atoms with van der Waals surface area (Å²) in [5, 5.41) is 3.61. The SMILES string of the molecule is CCCCCCCC(=O)N1CCC(N2CCC(Nc3nccc(N4CCCCCC4)n3)C2)CC1. The quantitative estimate of drug-likeness (QED) is 0.500. The van der Waals surface area contributed by atoms with Crippen LogP contribution < -0.4 is 10.2 Å². The number of nitrogens with zero attached hydrogens (tertiary/aromatic N) is 5. The highest BCUT2D eigenvalue weighted by Gasteiger charge is 2.32. The lowest BCUT2D eigenvalue weighted by Gasteiger charge is -2.37. The van der Waals surface area contributed by atoms with Crippen molar-refractivity contribution in [3.05, 3.63) is 12.3 Å². The third-order valence-corrected chi connectivity index (χ3v) is 7.95. The number of amides is 1. The average Bonchev–Trinajstić information content (AvgIpc) is 3.15. The number of rotatable bonds is 10. The largest absolute Gasteiger partial charge is 0.356 e. The van der Waals surface area contributed by atoms with E-state index in [1.54, 1.807) is 0 Å². The average molecular weight is 471 g/mol. The van der Waals surface area contributed by atoms with E-state index in [-0.39, 0.29) is 0 Å². The van der Waals surface area contributed by atoms with Crippen molar-refractivity contribution in [3.63, 3.8) is 0 Å². The van der Waals surface area contributed by atoms with Crippen molar-refractivity contribution in [1.82, 2.24) is 19.8 Å². The van der Waals surface area contributed by atoms with Crippen molar-refractivity contribution in [3.8, 4) is 0 Å². The predicted octanol–water partition coefficient (Wildman–Crippen LogP) is 4.69. The van der Waals surface area contributed by atoms with Crippen LogP contribution in [0.4, 0.5) is 11.8 Å². The highest BCUT2D eigenvalue weighted by molar-refractivity contribution is 5.76. The van der Waals surface area contributed by atoms with Crippen LogP contribution in [-0.4, -0.2) is 77.0 Å². The van der Waals surface area contributed by atoms with E-state index in [9.17, 15) is 4.79 Å². The minimum atomic E-state index is 0.373. The molecule has 1 atom stereocenters. The zero-order valence-electron chi connectivity index (χ0n) is 21.4. The summed E-state index contributed by atoms with van der Waals surface area (Å²) in [6.45, 7) is 8.47. The highest BCUT2D eigenvalue weighted by Crippen LogP contribution is 2.24. The molecule has 0 aliphatic carbocycles. The first-order valence-corrected chi connectivity index (χ1v) is 14.1. The molecule has 4 heterocycles.